The molecule has 0 saturated carbocycles. The van der Waals surface area contributed by atoms with Crippen LogP contribution in [-0.4, -0.2) is 251 Å². The average Bonchev–Trinajstić information content (AvgIpc) is 3.46. The van der Waals surface area contributed by atoms with E-state index >= 15 is 0 Å². The van der Waals surface area contributed by atoms with Crippen LogP contribution in [0, 0.1) is 0 Å². The first-order valence-electron chi connectivity index (χ1n) is 27.7. The number of hydrogen-bond donors (Lipinski definition) is 12. The van der Waals surface area contributed by atoms with Gasteiger partial charge in [-0.1, -0.05) is 0 Å². The van der Waals surface area contributed by atoms with Crippen molar-refractivity contribution in [1.29, 1.82) is 0 Å². The molecule has 0 aliphatic heterocycles. The highest BCUT2D eigenvalue weighted by atomic mass is 28.5. The Bertz CT molecular complexity index is 953. The van der Waals surface area contributed by atoms with Gasteiger partial charge in [-0.25, -0.2) is 0 Å². The Balaban J connectivity index is -0.0000000688. The molecule has 504 valence electrons. The fourth-order valence-corrected chi connectivity index (χ4v) is 21.3. The summed E-state index contributed by atoms with van der Waals surface area (Å²) in [4.78, 5) is 0. The molecule has 0 bridgehead atoms. The SMILES string of the molecule is CCO.CCO.CCO[Si](C)(CCCN)OC.CCO[Si](C)(CCCN)OC.CCO[Si](C)(CCCN)OCC.CCO[Si](C)(CCCN)OCC.CO.CO.CO.CO.CO[Si](CCCN)(OC)O[Si](CCCN)(OC)OC.O. The first kappa shape index (κ1) is 108. The summed E-state index contributed by atoms with van der Waals surface area (Å²) in [5, 5.41) is 43.1. The number of nitrogens with two attached hydrogens (primary N) is 6. The topological polar surface area (TPSA) is 429 Å². The van der Waals surface area contributed by atoms with Gasteiger partial charge in [-0.3, -0.25) is 0 Å². The van der Waals surface area contributed by atoms with Crippen molar-refractivity contribution in [3.8, 4) is 0 Å². The minimum atomic E-state index is -2.80. The monoisotopic (exact) mass is 1290 g/mol. The van der Waals surface area contributed by atoms with E-state index in [-0.39, 0.29) is 18.7 Å². The molecule has 80 heavy (non-hydrogen) atoms. The van der Waals surface area contributed by atoms with Crippen LogP contribution >= 0.6 is 0 Å². The Morgan fingerprint density at radius 3 is 0.575 bits per heavy atom. The van der Waals surface area contributed by atoms with Crippen molar-refractivity contribution in [3.63, 3.8) is 0 Å². The van der Waals surface area contributed by atoms with Gasteiger partial charge in [0.05, 0.1) is 0 Å². The van der Waals surface area contributed by atoms with Gasteiger partial charge in [0.25, 0.3) is 0 Å². The second-order valence-corrected chi connectivity index (χ2v) is 35.6. The Labute approximate surface area is 497 Å². The van der Waals surface area contributed by atoms with Gasteiger partial charge in [-0.15, -0.1) is 0 Å². The number of rotatable bonds is 38. The summed E-state index contributed by atoms with van der Waals surface area (Å²) in [6, 6.07) is 5.28. The van der Waals surface area contributed by atoms with Gasteiger partial charge in [-0.05, 0) is 184 Å². The molecule has 2 atom stereocenters. The summed E-state index contributed by atoms with van der Waals surface area (Å²) in [6.07, 6.45) is 5.53. The summed E-state index contributed by atoms with van der Waals surface area (Å²) in [5.74, 6) is 0. The maximum Gasteiger partial charge on any atom is 0.493 e. The van der Waals surface area contributed by atoms with E-state index in [1.165, 1.54) is 0 Å². The molecular formula is C48H138N6O20Si6. The van der Waals surface area contributed by atoms with Crippen molar-refractivity contribution in [2.45, 2.75) is 156 Å². The molecule has 0 amide bonds. The number of hydrogen-bond acceptors (Lipinski definition) is 25. The van der Waals surface area contributed by atoms with E-state index in [2.05, 4.69) is 26.2 Å². The normalized spacial score (nSPS) is 11.9. The first-order valence-corrected chi connectivity index (χ1v) is 41.6. The standard InChI is InChI=1S/C10H28N2O5Si2.2C8H21NO2Si.2C7H19NO2Si.2C2H6O.4CH4O.H2O/c1-13-18(14-2,9-5-7-11)17-19(15-3,16-4)10-6-8-12;2*1-4-10-12(3,11-5-2)8-6-7-9;2*1-4-10-11(3,9-2)7-5-6-8;2*1-2-3;4*1-2;/h5-12H2,1-4H3;2*4-9H2,1-3H3;2*4-8H2,1-3H3;2*3H,2H2,1H3;4*2H,1H3;1H2. The van der Waals surface area contributed by atoms with Crippen LogP contribution in [0.1, 0.15) is 93.9 Å². The third-order valence-corrected chi connectivity index (χ3v) is 28.9. The molecule has 0 aliphatic carbocycles. The van der Waals surface area contributed by atoms with E-state index in [1.54, 1.807) is 56.5 Å². The molecule has 26 nitrogen and oxygen atoms in total. The zero-order valence-electron chi connectivity index (χ0n) is 55.3. The molecule has 0 aromatic heterocycles. The molecule has 0 aliphatic rings. The van der Waals surface area contributed by atoms with E-state index in [1.807, 2.05) is 41.5 Å². The molecule has 0 heterocycles. The fraction of sp³-hybridized carbons (Fsp3) is 1.00. The van der Waals surface area contributed by atoms with Crippen LogP contribution in [0.3, 0.4) is 0 Å². The zero-order valence-corrected chi connectivity index (χ0v) is 61.3. The van der Waals surface area contributed by atoms with Crippen LogP contribution in [0.2, 0.25) is 62.5 Å². The lowest BCUT2D eigenvalue weighted by Crippen LogP contribution is -2.57. The quantitative estimate of drug-likeness (QED) is 0.0395. The molecule has 0 fully saturated rings. The van der Waals surface area contributed by atoms with Gasteiger partial charge in [0.2, 0.25) is 0 Å². The lowest BCUT2D eigenvalue weighted by Gasteiger charge is -2.35. The summed E-state index contributed by atoms with van der Waals surface area (Å²) < 4.78 is 72.4. The Morgan fingerprint density at radius 1 is 0.287 bits per heavy atom. The highest BCUT2D eigenvalue weighted by Gasteiger charge is 2.51. The molecule has 0 saturated heterocycles. The average molecular weight is 1290 g/mol. The second-order valence-electron chi connectivity index (χ2n) is 15.8. The van der Waals surface area contributed by atoms with Gasteiger partial charge in [0.1, 0.15) is 0 Å². The van der Waals surface area contributed by atoms with Crippen LogP contribution in [0.5, 0.6) is 0 Å². The van der Waals surface area contributed by atoms with Crippen molar-refractivity contribution in [3.05, 3.63) is 0 Å². The van der Waals surface area contributed by atoms with Crippen LogP contribution in [0.4, 0.5) is 0 Å². The van der Waals surface area contributed by atoms with Crippen molar-refractivity contribution in [1.82, 2.24) is 0 Å². The molecule has 0 aromatic rings. The lowest BCUT2D eigenvalue weighted by atomic mass is 10.5. The summed E-state index contributed by atoms with van der Waals surface area (Å²) in [7, 11) is 0.822. The van der Waals surface area contributed by atoms with Crippen molar-refractivity contribution >= 4 is 51.9 Å². The van der Waals surface area contributed by atoms with Gasteiger partial charge in [0, 0.05) is 136 Å². The maximum absolute atomic E-state index is 7.57. The van der Waals surface area contributed by atoms with E-state index in [0.29, 0.717) is 25.2 Å². The zero-order chi connectivity index (χ0) is 64.6. The summed E-state index contributed by atoms with van der Waals surface area (Å²) >= 11 is 0. The highest BCUT2D eigenvalue weighted by Crippen LogP contribution is 2.26. The van der Waals surface area contributed by atoms with E-state index in [0.717, 1.165) is 157 Å². The summed E-state index contributed by atoms with van der Waals surface area (Å²) in [6.45, 7) is 32.7. The predicted molar refractivity (Wildman–Crippen MR) is 343 cm³/mol. The first-order chi connectivity index (χ1) is 37.6. The Morgan fingerprint density at radius 2 is 0.438 bits per heavy atom. The van der Waals surface area contributed by atoms with Gasteiger partial charge in [-0.2, -0.15) is 0 Å². The molecule has 0 rings (SSSR count). The fourth-order valence-electron chi connectivity index (χ4n) is 6.08. The van der Waals surface area contributed by atoms with Gasteiger partial charge in [0.15, 0.2) is 0 Å². The molecule has 32 heteroatoms. The number of aliphatic hydroxyl groups excluding tert-OH is 6. The smallest absolute Gasteiger partial charge is 0.412 e. The highest BCUT2D eigenvalue weighted by molar-refractivity contribution is 6.75. The Kier molecular flexibility index (Phi) is 116. The number of aliphatic hydroxyl groups is 6. The molecule has 0 aromatic carbocycles. The van der Waals surface area contributed by atoms with Gasteiger partial charge < -0.3 is 128 Å². The molecule has 2 unspecified atom stereocenters. The van der Waals surface area contributed by atoms with Gasteiger partial charge >= 0.3 is 51.9 Å². The lowest BCUT2D eigenvalue weighted by molar-refractivity contribution is 0.0861. The van der Waals surface area contributed by atoms with Crippen molar-refractivity contribution in [2.24, 2.45) is 34.4 Å². The van der Waals surface area contributed by atoms with Crippen LogP contribution < -0.4 is 34.4 Å². The minimum absolute atomic E-state index is 0. The van der Waals surface area contributed by atoms with E-state index < -0.39 is 51.9 Å². The second kappa shape index (κ2) is 85.7. The van der Waals surface area contributed by atoms with Crippen molar-refractivity contribution in [2.75, 3.05) is 163 Å². The largest absolute Gasteiger partial charge is 0.493 e. The minimum Gasteiger partial charge on any atom is -0.412 e. The van der Waals surface area contributed by atoms with Crippen LogP contribution in [-0.2, 0) is 57.2 Å². The third kappa shape index (κ3) is 76.3. The van der Waals surface area contributed by atoms with E-state index in [4.69, 9.17) is 122 Å². The van der Waals surface area contributed by atoms with Crippen LogP contribution in [0.25, 0.3) is 0 Å². The maximum atomic E-state index is 7.57. The molecular weight excluding hydrogens is 1150 g/mol. The molecule has 0 spiro atoms. The van der Waals surface area contributed by atoms with Crippen LogP contribution in [0.15, 0.2) is 0 Å². The van der Waals surface area contributed by atoms with Crippen molar-refractivity contribution < 1.29 is 93.3 Å². The Hall–Kier alpha value is 0.261. The summed E-state index contributed by atoms with van der Waals surface area (Å²) in [5.41, 5.74) is 32.8. The predicted octanol–water partition coefficient (Wildman–Crippen LogP) is 2.91. The van der Waals surface area contributed by atoms with E-state index in [9.17, 15) is 0 Å². The molecule has 20 N–H and O–H groups in total. The molecule has 0 radical (unpaired) electrons. The third-order valence-electron chi connectivity index (χ3n) is 9.83.